The summed E-state index contributed by atoms with van der Waals surface area (Å²) in [7, 11) is -3.65. The molecule has 0 saturated heterocycles. The van der Waals surface area contributed by atoms with Gasteiger partial charge in [-0.25, -0.2) is 5.84 Å². The van der Waals surface area contributed by atoms with Crippen LogP contribution >= 0.6 is 0 Å². The maximum Gasteiger partial charge on any atom is 0.285 e. The van der Waals surface area contributed by atoms with Gasteiger partial charge in [0.15, 0.2) is 5.84 Å². The van der Waals surface area contributed by atoms with Crippen molar-refractivity contribution in [2.24, 2.45) is 16.1 Å². The molecule has 1 aliphatic heterocycles. The van der Waals surface area contributed by atoms with Crippen LogP contribution in [0.4, 0.5) is 5.69 Å². The van der Waals surface area contributed by atoms with Gasteiger partial charge in [-0.15, -0.1) is 4.40 Å². The van der Waals surface area contributed by atoms with Gasteiger partial charge < -0.3 is 10.9 Å². The zero-order chi connectivity index (χ0) is 11.1. The molecular formula is C7H9N5O2S. The van der Waals surface area contributed by atoms with Crippen LogP contribution in [-0.4, -0.2) is 14.3 Å². The van der Waals surface area contributed by atoms with E-state index < -0.39 is 10.0 Å². The molecule has 15 heavy (non-hydrogen) atoms. The number of amidine groups is 1. The number of fused-ring (bicyclic) bond motifs is 1. The lowest BCUT2D eigenvalue weighted by Gasteiger charge is -2.03. The lowest BCUT2D eigenvalue weighted by Crippen LogP contribution is -2.29. The fourth-order valence-electron chi connectivity index (χ4n) is 1.34. The zero-order valence-corrected chi connectivity index (χ0v) is 8.38. The third-order valence-corrected chi connectivity index (χ3v) is 3.35. The molecule has 0 atom stereocenters. The minimum absolute atomic E-state index is 0.0888. The Morgan fingerprint density at radius 2 is 1.93 bits per heavy atom. The third kappa shape index (κ3) is 1.44. The first kappa shape index (κ1) is 9.90. The van der Waals surface area contributed by atoms with E-state index in [0.717, 1.165) is 0 Å². The Labute approximate surface area is 86.2 Å². The molecule has 0 spiro atoms. The van der Waals surface area contributed by atoms with Crippen molar-refractivity contribution in [3.63, 3.8) is 0 Å². The van der Waals surface area contributed by atoms with Crippen LogP contribution < -0.4 is 22.5 Å². The maximum absolute atomic E-state index is 11.5. The third-order valence-electron chi connectivity index (χ3n) is 2.03. The summed E-state index contributed by atoms with van der Waals surface area (Å²) < 4.78 is 26.5. The summed E-state index contributed by atoms with van der Waals surface area (Å²) in [6.07, 6.45) is 0. The fraction of sp³-hybridized carbons (Fsp3) is 0. The molecule has 80 valence electrons. The highest BCUT2D eigenvalue weighted by atomic mass is 32.2. The fourth-order valence-corrected chi connectivity index (χ4v) is 2.55. The van der Waals surface area contributed by atoms with Crippen molar-refractivity contribution in [1.29, 1.82) is 0 Å². The Bertz CT molecular complexity index is 536. The summed E-state index contributed by atoms with van der Waals surface area (Å²) in [4.78, 5) is 0.0888. The number of sulfonamides is 1. The second-order valence-electron chi connectivity index (χ2n) is 2.91. The summed E-state index contributed by atoms with van der Waals surface area (Å²) in [6, 6.07) is 4.61. The van der Waals surface area contributed by atoms with Crippen LogP contribution in [0.25, 0.3) is 0 Å². The smallest absolute Gasteiger partial charge is 0.285 e. The van der Waals surface area contributed by atoms with Crippen LogP contribution in [0, 0.1) is 0 Å². The van der Waals surface area contributed by atoms with Gasteiger partial charge in [-0.1, -0.05) is 0 Å². The van der Waals surface area contributed by atoms with Crippen molar-refractivity contribution in [3.05, 3.63) is 23.8 Å². The minimum atomic E-state index is -3.65. The average Bonchev–Trinajstić information content (AvgIpc) is 2.50. The van der Waals surface area contributed by atoms with E-state index in [2.05, 4.69) is 15.2 Å². The van der Waals surface area contributed by atoms with E-state index in [1.54, 1.807) is 12.1 Å². The number of nitrogen functional groups attached to an aromatic ring is 1. The highest BCUT2D eigenvalue weighted by Crippen LogP contribution is 2.27. The number of nitrogens with zero attached hydrogens (tertiary/aromatic N) is 1. The molecule has 1 aromatic rings. The van der Waals surface area contributed by atoms with Gasteiger partial charge in [0.05, 0.1) is 0 Å². The Hall–Kier alpha value is -1.64. The lowest BCUT2D eigenvalue weighted by molar-refractivity contribution is 0.599. The largest absolute Gasteiger partial charge is 0.324 e. The molecule has 1 aromatic carbocycles. The van der Waals surface area contributed by atoms with E-state index in [1.165, 1.54) is 6.07 Å². The van der Waals surface area contributed by atoms with Crippen LogP contribution in [0.3, 0.4) is 0 Å². The van der Waals surface area contributed by atoms with Crippen molar-refractivity contribution in [2.75, 3.05) is 5.43 Å². The Morgan fingerprint density at radius 1 is 1.20 bits per heavy atom. The van der Waals surface area contributed by atoms with Gasteiger partial charge in [0.1, 0.15) is 4.90 Å². The molecular weight excluding hydrogens is 218 g/mol. The maximum atomic E-state index is 11.5. The summed E-state index contributed by atoms with van der Waals surface area (Å²) in [5.74, 6) is 10.5. The molecule has 0 saturated carbocycles. The molecule has 0 fully saturated rings. The van der Waals surface area contributed by atoms with E-state index in [9.17, 15) is 8.42 Å². The number of rotatable bonds is 1. The standard InChI is InChI=1S/C7H9N5O2S/c8-10-4-1-2-5-6(3-4)15(13,14)12-7(5)11-9/h1-3,10H,8-9H2,(H,11,12). The minimum Gasteiger partial charge on any atom is -0.324 e. The first-order valence-corrected chi connectivity index (χ1v) is 5.45. The molecule has 0 radical (unpaired) electrons. The van der Waals surface area contributed by atoms with Crippen LogP contribution in [0.1, 0.15) is 5.56 Å². The second-order valence-corrected chi connectivity index (χ2v) is 4.49. The summed E-state index contributed by atoms with van der Waals surface area (Å²) in [5.41, 5.74) is 5.53. The van der Waals surface area contributed by atoms with Crippen molar-refractivity contribution in [1.82, 2.24) is 5.43 Å². The number of anilines is 1. The monoisotopic (exact) mass is 227 g/mol. The van der Waals surface area contributed by atoms with Crippen LogP contribution in [0.15, 0.2) is 27.5 Å². The zero-order valence-electron chi connectivity index (χ0n) is 7.56. The summed E-state index contributed by atoms with van der Waals surface area (Å²) in [6.45, 7) is 0. The SMILES string of the molecule is NNC1=NS(=O)(=O)c2cc(NN)ccc21. The van der Waals surface area contributed by atoms with Gasteiger partial charge in [-0.05, 0) is 18.2 Å². The van der Waals surface area contributed by atoms with E-state index in [-0.39, 0.29) is 10.7 Å². The molecule has 2 rings (SSSR count). The number of benzene rings is 1. The summed E-state index contributed by atoms with van der Waals surface area (Å²) >= 11 is 0. The van der Waals surface area contributed by atoms with E-state index in [0.29, 0.717) is 11.3 Å². The van der Waals surface area contributed by atoms with Gasteiger partial charge in [-0.2, -0.15) is 8.42 Å². The Morgan fingerprint density at radius 3 is 2.53 bits per heavy atom. The average molecular weight is 227 g/mol. The Balaban J connectivity index is 2.67. The van der Waals surface area contributed by atoms with Crippen molar-refractivity contribution in [3.8, 4) is 0 Å². The number of nitrogens with two attached hydrogens (primary N) is 2. The predicted octanol–water partition coefficient (Wildman–Crippen LogP) is -1.12. The molecule has 7 nitrogen and oxygen atoms in total. The quantitative estimate of drug-likeness (QED) is 0.356. The van der Waals surface area contributed by atoms with Crippen molar-refractivity contribution < 1.29 is 8.42 Å². The number of nitrogens with one attached hydrogen (secondary N) is 2. The molecule has 6 N–H and O–H groups in total. The molecule has 0 bridgehead atoms. The topological polar surface area (TPSA) is 123 Å². The van der Waals surface area contributed by atoms with Gasteiger partial charge in [0, 0.05) is 11.3 Å². The van der Waals surface area contributed by atoms with E-state index in [1.807, 2.05) is 0 Å². The number of hydrogen-bond acceptors (Lipinski definition) is 6. The molecule has 0 amide bonds. The van der Waals surface area contributed by atoms with E-state index >= 15 is 0 Å². The first-order valence-electron chi connectivity index (χ1n) is 4.01. The van der Waals surface area contributed by atoms with Crippen LogP contribution in [0.5, 0.6) is 0 Å². The second kappa shape index (κ2) is 3.19. The first-order chi connectivity index (χ1) is 7.08. The van der Waals surface area contributed by atoms with Gasteiger partial charge in [-0.3, -0.25) is 5.84 Å². The number of hydrazine groups is 2. The van der Waals surface area contributed by atoms with Crippen molar-refractivity contribution >= 4 is 21.5 Å². The molecule has 0 aliphatic carbocycles. The van der Waals surface area contributed by atoms with Crippen LogP contribution in [0.2, 0.25) is 0 Å². The normalized spacial score (nSPS) is 16.8. The van der Waals surface area contributed by atoms with Gasteiger partial charge in [0.25, 0.3) is 10.0 Å². The predicted molar refractivity (Wildman–Crippen MR) is 55.3 cm³/mol. The van der Waals surface area contributed by atoms with E-state index in [4.69, 9.17) is 11.7 Å². The van der Waals surface area contributed by atoms with Crippen molar-refractivity contribution in [2.45, 2.75) is 4.90 Å². The molecule has 8 heteroatoms. The molecule has 0 unspecified atom stereocenters. The highest BCUT2D eigenvalue weighted by molar-refractivity contribution is 7.90. The summed E-state index contributed by atoms with van der Waals surface area (Å²) in [5, 5.41) is 0. The van der Waals surface area contributed by atoms with Gasteiger partial charge >= 0.3 is 0 Å². The number of hydrogen-bond donors (Lipinski definition) is 4. The molecule has 0 aromatic heterocycles. The molecule has 1 aliphatic rings. The Kier molecular flexibility index (Phi) is 2.11. The highest BCUT2D eigenvalue weighted by Gasteiger charge is 2.28. The van der Waals surface area contributed by atoms with Gasteiger partial charge in [0.2, 0.25) is 0 Å². The lowest BCUT2D eigenvalue weighted by atomic mass is 10.2. The van der Waals surface area contributed by atoms with Crippen LogP contribution in [-0.2, 0) is 10.0 Å². The molecule has 1 heterocycles.